The highest BCUT2D eigenvalue weighted by molar-refractivity contribution is 14.0. The van der Waals surface area contributed by atoms with Gasteiger partial charge in [-0.15, -0.1) is 24.0 Å². The molecule has 2 aliphatic rings. The molecule has 1 aromatic rings. The number of halogens is 1. The maximum atomic E-state index is 11.8. The minimum atomic E-state index is -0.115. The van der Waals surface area contributed by atoms with Crippen molar-refractivity contribution in [1.29, 1.82) is 0 Å². The van der Waals surface area contributed by atoms with Gasteiger partial charge in [-0.2, -0.15) is 0 Å². The standard InChI is InChI=1S/C21H30N4O3.HI/c1-22-21(24-11-8-18(9-12-24)20(27)28-2)23-14-16-5-3-6-17(13-16)15-25-10-4-7-19(25)26;/h3,5-6,13,18H,4,7-12,14-15H2,1-2H3,(H,22,23);1H. The fourth-order valence-corrected chi connectivity index (χ4v) is 3.94. The largest absolute Gasteiger partial charge is 0.469 e. The molecule has 2 fully saturated rings. The summed E-state index contributed by atoms with van der Waals surface area (Å²) in [5.41, 5.74) is 2.32. The second kappa shape index (κ2) is 11.4. The van der Waals surface area contributed by atoms with E-state index in [-0.39, 0.29) is 41.8 Å². The molecule has 1 aromatic carbocycles. The predicted octanol–water partition coefficient (Wildman–Crippen LogP) is 2.39. The van der Waals surface area contributed by atoms with Crippen molar-refractivity contribution in [2.24, 2.45) is 10.9 Å². The highest BCUT2D eigenvalue weighted by atomic mass is 127. The van der Waals surface area contributed by atoms with Crippen LogP contribution in [0.4, 0.5) is 0 Å². The zero-order chi connectivity index (χ0) is 19.9. The summed E-state index contributed by atoms with van der Waals surface area (Å²) in [6.45, 7) is 3.79. The van der Waals surface area contributed by atoms with Crippen LogP contribution in [0, 0.1) is 5.92 Å². The average Bonchev–Trinajstić information content (AvgIpc) is 3.13. The molecule has 2 heterocycles. The number of nitrogens with zero attached hydrogens (tertiary/aromatic N) is 3. The van der Waals surface area contributed by atoms with Crippen LogP contribution >= 0.6 is 24.0 Å². The molecule has 0 spiro atoms. The van der Waals surface area contributed by atoms with Crippen LogP contribution in [0.25, 0.3) is 0 Å². The molecule has 3 rings (SSSR count). The summed E-state index contributed by atoms with van der Waals surface area (Å²) in [6.07, 6.45) is 3.20. The molecule has 0 saturated carbocycles. The van der Waals surface area contributed by atoms with Crippen molar-refractivity contribution in [3.8, 4) is 0 Å². The number of benzene rings is 1. The van der Waals surface area contributed by atoms with Crippen LogP contribution in [-0.4, -0.2) is 61.4 Å². The third-order valence-electron chi connectivity index (χ3n) is 5.53. The van der Waals surface area contributed by atoms with Gasteiger partial charge in [-0.3, -0.25) is 14.6 Å². The first-order valence-corrected chi connectivity index (χ1v) is 9.99. The lowest BCUT2D eigenvalue weighted by molar-refractivity contribution is -0.146. The summed E-state index contributed by atoms with van der Waals surface area (Å²) in [6, 6.07) is 8.34. The van der Waals surface area contributed by atoms with Crippen molar-refractivity contribution in [2.45, 2.75) is 38.8 Å². The Hall–Kier alpha value is -1.84. The van der Waals surface area contributed by atoms with Crippen molar-refractivity contribution in [1.82, 2.24) is 15.1 Å². The van der Waals surface area contributed by atoms with Crippen LogP contribution < -0.4 is 5.32 Å². The number of carbonyl (C=O) groups is 2. The van der Waals surface area contributed by atoms with E-state index in [1.165, 1.54) is 7.11 Å². The lowest BCUT2D eigenvalue weighted by Gasteiger charge is -2.33. The fraction of sp³-hybridized carbons (Fsp3) is 0.571. The summed E-state index contributed by atoms with van der Waals surface area (Å²) in [4.78, 5) is 32.0. The molecule has 0 aliphatic carbocycles. The van der Waals surface area contributed by atoms with E-state index >= 15 is 0 Å². The number of ether oxygens (including phenoxy) is 1. The third kappa shape index (κ3) is 6.32. The van der Waals surface area contributed by atoms with Crippen molar-refractivity contribution in [3.05, 3.63) is 35.4 Å². The summed E-state index contributed by atoms with van der Waals surface area (Å²) in [5.74, 6) is 0.975. The van der Waals surface area contributed by atoms with Crippen LogP contribution in [0.5, 0.6) is 0 Å². The minimum Gasteiger partial charge on any atom is -0.469 e. The van der Waals surface area contributed by atoms with Gasteiger partial charge < -0.3 is 19.9 Å². The number of piperidine rings is 1. The number of methoxy groups -OCH3 is 1. The van der Waals surface area contributed by atoms with Crippen molar-refractivity contribution >= 4 is 41.8 Å². The molecule has 1 N–H and O–H groups in total. The highest BCUT2D eigenvalue weighted by Gasteiger charge is 2.27. The Morgan fingerprint density at radius 3 is 2.59 bits per heavy atom. The first-order valence-electron chi connectivity index (χ1n) is 9.99. The molecule has 0 radical (unpaired) electrons. The SMILES string of the molecule is CN=C(NCc1cccc(CN2CCCC2=O)c1)N1CCC(C(=O)OC)CC1.I. The molecule has 1 amide bonds. The van der Waals surface area contributed by atoms with E-state index in [1.54, 1.807) is 7.05 Å². The summed E-state index contributed by atoms with van der Waals surface area (Å²) in [5, 5.41) is 3.42. The Labute approximate surface area is 189 Å². The molecule has 0 bridgehead atoms. The average molecular weight is 514 g/mol. The molecular weight excluding hydrogens is 483 g/mol. The number of hydrogen-bond donors (Lipinski definition) is 1. The zero-order valence-corrected chi connectivity index (χ0v) is 19.6. The van der Waals surface area contributed by atoms with Crippen LogP contribution in [-0.2, 0) is 27.4 Å². The monoisotopic (exact) mass is 514 g/mol. The number of guanidine groups is 1. The molecule has 2 aliphatic heterocycles. The quantitative estimate of drug-likeness (QED) is 0.283. The normalized spacial score (nSPS) is 17.9. The Kier molecular flexibility index (Phi) is 9.19. The number of rotatable bonds is 5. The van der Waals surface area contributed by atoms with Crippen LogP contribution in [0.1, 0.15) is 36.8 Å². The molecule has 160 valence electrons. The highest BCUT2D eigenvalue weighted by Crippen LogP contribution is 2.19. The Morgan fingerprint density at radius 1 is 1.24 bits per heavy atom. The number of aliphatic imine (C=N–C) groups is 1. The maximum absolute atomic E-state index is 11.8. The van der Waals surface area contributed by atoms with Crippen molar-refractivity contribution in [2.75, 3.05) is 33.8 Å². The lowest BCUT2D eigenvalue weighted by atomic mass is 9.97. The smallest absolute Gasteiger partial charge is 0.308 e. The van der Waals surface area contributed by atoms with Crippen molar-refractivity contribution in [3.63, 3.8) is 0 Å². The van der Waals surface area contributed by atoms with Crippen LogP contribution in [0.3, 0.4) is 0 Å². The van der Waals surface area contributed by atoms with Gasteiger partial charge in [-0.05, 0) is 30.4 Å². The van der Waals surface area contributed by atoms with Crippen LogP contribution in [0.15, 0.2) is 29.3 Å². The van der Waals surface area contributed by atoms with E-state index in [0.717, 1.165) is 56.0 Å². The van der Waals surface area contributed by atoms with E-state index < -0.39 is 0 Å². The number of hydrogen-bond acceptors (Lipinski definition) is 4. The minimum absolute atomic E-state index is 0. The lowest BCUT2D eigenvalue weighted by Crippen LogP contribution is -2.46. The van der Waals surface area contributed by atoms with Gasteiger partial charge in [0.15, 0.2) is 5.96 Å². The van der Waals surface area contributed by atoms with Gasteiger partial charge in [0.05, 0.1) is 13.0 Å². The molecule has 0 aromatic heterocycles. The van der Waals surface area contributed by atoms with Crippen molar-refractivity contribution < 1.29 is 14.3 Å². The van der Waals surface area contributed by atoms with E-state index in [2.05, 4.69) is 33.4 Å². The Bertz CT molecular complexity index is 732. The Morgan fingerprint density at radius 2 is 1.97 bits per heavy atom. The van der Waals surface area contributed by atoms with E-state index in [9.17, 15) is 9.59 Å². The van der Waals surface area contributed by atoms with E-state index in [0.29, 0.717) is 19.5 Å². The number of esters is 1. The molecule has 2 saturated heterocycles. The Balaban J connectivity index is 0.00000300. The molecule has 0 atom stereocenters. The summed E-state index contributed by atoms with van der Waals surface area (Å²) in [7, 11) is 3.23. The van der Waals surface area contributed by atoms with Gasteiger partial charge in [0, 0.05) is 46.2 Å². The van der Waals surface area contributed by atoms with Crippen LogP contribution in [0.2, 0.25) is 0 Å². The molecule has 8 heteroatoms. The van der Waals surface area contributed by atoms with Gasteiger partial charge in [-0.1, -0.05) is 24.3 Å². The summed E-state index contributed by atoms with van der Waals surface area (Å²) >= 11 is 0. The topological polar surface area (TPSA) is 74.2 Å². The zero-order valence-electron chi connectivity index (χ0n) is 17.2. The number of amides is 1. The molecule has 0 unspecified atom stereocenters. The van der Waals surface area contributed by atoms with Gasteiger partial charge >= 0.3 is 5.97 Å². The molecule has 29 heavy (non-hydrogen) atoms. The number of nitrogens with one attached hydrogen (secondary N) is 1. The second-order valence-electron chi connectivity index (χ2n) is 7.42. The number of carbonyl (C=O) groups excluding carboxylic acids is 2. The first kappa shape index (κ1) is 23.4. The first-order chi connectivity index (χ1) is 13.6. The summed E-state index contributed by atoms with van der Waals surface area (Å²) < 4.78 is 4.85. The maximum Gasteiger partial charge on any atom is 0.308 e. The van der Waals surface area contributed by atoms with Gasteiger partial charge in [0.2, 0.25) is 5.91 Å². The predicted molar refractivity (Wildman–Crippen MR) is 123 cm³/mol. The fourth-order valence-electron chi connectivity index (χ4n) is 3.94. The second-order valence-corrected chi connectivity index (χ2v) is 7.42. The third-order valence-corrected chi connectivity index (χ3v) is 5.53. The van der Waals surface area contributed by atoms with E-state index in [4.69, 9.17) is 4.74 Å². The van der Waals surface area contributed by atoms with Gasteiger partial charge in [0.1, 0.15) is 0 Å². The molecular formula is C21H31IN4O3. The van der Waals surface area contributed by atoms with E-state index in [1.807, 2.05) is 11.0 Å². The van der Waals surface area contributed by atoms with Gasteiger partial charge in [0.25, 0.3) is 0 Å². The van der Waals surface area contributed by atoms with Gasteiger partial charge in [-0.25, -0.2) is 0 Å². The molecule has 7 nitrogen and oxygen atoms in total. The number of likely N-dealkylation sites (tertiary alicyclic amines) is 2.